The fraction of sp³-hybridized carbons (Fsp3) is 0.188. The number of thiophene rings is 1. The summed E-state index contributed by atoms with van der Waals surface area (Å²) in [5.74, 6) is 0. The van der Waals surface area contributed by atoms with Gasteiger partial charge in [-0.15, -0.1) is 11.3 Å². The third kappa shape index (κ3) is 3.25. The lowest BCUT2D eigenvalue weighted by Gasteiger charge is -2.32. The molecule has 2 heterocycles. The molecule has 5 aromatic carbocycles. The summed E-state index contributed by atoms with van der Waals surface area (Å²) < 4.78 is 15.5. The summed E-state index contributed by atoms with van der Waals surface area (Å²) in [7, 11) is -0.384. The maximum absolute atomic E-state index is 6.41. The molecule has 1 aromatic heterocycles. The van der Waals surface area contributed by atoms with Gasteiger partial charge in [0.2, 0.25) is 0 Å². The highest BCUT2D eigenvalue weighted by atomic mass is 32.1. The highest BCUT2D eigenvalue weighted by molar-refractivity contribution is 7.25. The van der Waals surface area contributed by atoms with Gasteiger partial charge in [0.15, 0.2) is 0 Å². The van der Waals surface area contributed by atoms with Crippen LogP contribution in [0.1, 0.15) is 27.7 Å². The molecule has 0 unspecified atom stereocenters. The zero-order valence-corrected chi connectivity index (χ0v) is 21.8. The Morgan fingerprint density at radius 2 is 1.22 bits per heavy atom. The van der Waals surface area contributed by atoms with E-state index in [4.69, 9.17) is 9.31 Å². The van der Waals surface area contributed by atoms with Gasteiger partial charge >= 0.3 is 7.12 Å². The largest absolute Gasteiger partial charge is 0.495 e. The minimum absolute atomic E-state index is 0.368. The van der Waals surface area contributed by atoms with Crippen molar-refractivity contribution in [3.8, 4) is 11.1 Å². The lowest BCUT2D eigenvalue weighted by atomic mass is 9.75. The van der Waals surface area contributed by atoms with Crippen molar-refractivity contribution in [1.82, 2.24) is 0 Å². The average molecular weight is 486 g/mol. The smallest absolute Gasteiger partial charge is 0.399 e. The Morgan fingerprint density at radius 1 is 0.583 bits per heavy atom. The predicted molar refractivity (Wildman–Crippen MR) is 155 cm³/mol. The van der Waals surface area contributed by atoms with Crippen molar-refractivity contribution in [3.05, 3.63) is 91.0 Å². The van der Waals surface area contributed by atoms with E-state index >= 15 is 0 Å². The van der Waals surface area contributed by atoms with Crippen molar-refractivity contribution in [1.29, 1.82) is 0 Å². The second-order valence-corrected chi connectivity index (χ2v) is 11.9. The van der Waals surface area contributed by atoms with Crippen molar-refractivity contribution in [2.45, 2.75) is 38.9 Å². The van der Waals surface area contributed by atoms with E-state index in [0.29, 0.717) is 0 Å². The molecule has 1 fully saturated rings. The van der Waals surface area contributed by atoms with E-state index < -0.39 is 0 Å². The topological polar surface area (TPSA) is 18.5 Å². The SMILES string of the molecule is CC1(C)OB(c2ccc(-c3ccc4sc5cc6ccccc6cc5c4c3)c3ccccc23)OC1(C)C. The standard InChI is InChI=1S/C32H27BO2S/c1-31(2)32(3,4)35-33(34-31)28-15-14-23(24-11-7-8-12-25(24)28)22-13-16-29-26(18-22)27-17-20-9-5-6-10-21(20)19-30(27)36-29/h5-19H,1-4H3. The predicted octanol–water partition coefficient (Wildman–Crippen LogP) is 8.33. The van der Waals surface area contributed by atoms with Crippen LogP contribution in [0.4, 0.5) is 0 Å². The molecule has 1 aliphatic rings. The molecule has 0 N–H and O–H groups in total. The molecule has 0 amide bonds. The number of hydrogen-bond acceptors (Lipinski definition) is 3. The summed E-state index contributed by atoms with van der Waals surface area (Å²) in [6, 6.07) is 33.2. The zero-order valence-electron chi connectivity index (χ0n) is 21.0. The first-order valence-corrected chi connectivity index (χ1v) is 13.4. The Bertz CT molecular complexity index is 1800. The summed E-state index contributed by atoms with van der Waals surface area (Å²) in [6.07, 6.45) is 0. The van der Waals surface area contributed by atoms with Crippen LogP contribution in [0.25, 0.3) is 52.8 Å². The lowest BCUT2D eigenvalue weighted by Crippen LogP contribution is -2.41. The second kappa shape index (κ2) is 7.66. The van der Waals surface area contributed by atoms with Gasteiger partial charge in [0, 0.05) is 20.2 Å². The molecule has 0 radical (unpaired) electrons. The molecule has 0 saturated carbocycles. The van der Waals surface area contributed by atoms with Gasteiger partial charge in [-0.2, -0.15) is 0 Å². The van der Waals surface area contributed by atoms with Gasteiger partial charge in [-0.1, -0.05) is 66.7 Å². The zero-order chi connectivity index (χ0) is 24.7. The highest BCUT2D eigenvalue weighted by Crippen LogP contribution is 2.40. The molecule has 4 heteroatoms. The maximum atomic E-state index is 6.41. The number of fused-ring (bicyclic) bond motifs is 5. The van der Waals surface area contributed by atoms with E-state index in [1.165, 1.54) is 52.8 Å². The van der Waals surface area contributed by atoms with Crippen LogP contribution in [0, 0.1) is 0 Å². The maximum Gasteiger partial charge on any atom is 0.495 e. The van der Waals surface area contributed by atoms with Crippen LogP contribution >= 0.6 is 11.3 Å². The van der Waals surface area contributed by atoms with Crippen LogP contribution < -0.4 is 5.46 Å². The van der Waals surface area contributed by atoms with Gasteiger partial charge < -0.3 is 9.31 Å². The first kappa shape index (κ1) is 22.1. The van der Waals surface area contributed by atoms with E-state index in [-0.39, 0.29) is 18.3 Å². The molecule has 1 saturated heterocycles. The van der Waals surface area contributed by atoms with Gasteiger partial charge in [0.05, 0.1) is 11.2 Å². The summed E-state index contributed by atoms with van der Waals surface area (Å²) in [5, 5.41) is 7.61. The third-order valence-electron chi connectivity index (χ3n) is 8.11. The summed E-state index contributed by atoms with van der Waals surface area (Å²) in [5.41, 5.74) is 2.81. The third-order valence-corrected chi connectivity index (χ3v) is 9.25. The minimum Gasteiger partial charge on any atom is -0.399 e. The van der Waals surface area contributed by atoms with Gasteiger partial charge in [-0.05, 0) is 90.1 Å². The van der Waals surface area contributed by atoms with Gasteiger partial charge in [0.25, 0.3) is 0 Å². The highest BCUT2D eigenvalue weighted by Gasteiger charge is 2.52. The Labute approximate surface area is 215 Å². The normalized spacial score (nSPS) is 17.1. The molecule has 6 aromatic rings. The average Bonchev–Trinajstić information content (AvgIpc) is 3.33. The van der Waals surface area contributed by atoms with Crippen molar-refractivity contribution >= 4 is 65.6 Å². The molecular formula is C32H27BO2S. The number of benzene rings is 5. The van der Waals surface area contributed by atoms with Crippen molar-refractivity contribution in [3.63, 3.8) is 0 Å². The molecule has 0 bridgehead atoms. The minimum atomic E-state index is -0.384. The van der Waals surface area contributed by atoms with Crippen molar-refractivity contribution < 1.29 is 9.31 Å². The first-order chi connectivity index (χ1) is 17.3. The quantitative estimate of drug-likeness (QED) is 0.229. The lowest BCUT2D eigenvalue weighted by molar-refractivity contribution is 0.00578. The van der Waals surface area contributed by atoms with Crippen LogP contribution in [0.15, 0.2) is 91.0 Å². The van der Waals surface area contributed by atoms with Crippen LogP contribution in [-0.4, -0.2) is 18.3 Å². The first-order valence-electron chi connectivity index (χ1n) is 12.5. The van der Waals surface area contributed by atoms with Crippen LogP contribution in [0.2, 0.25) is 0 Å². The Hall–Kier alpha value is -3.18. The second-order valence-electron chi connectivity index (χ2n) is 10.8. The molecule has 0 spiro atoms. The van der Waals surface area contributed by atoms with Gasteiger partial charge in [0.1, 0.15) is 0 Å². The molecule has 2 nitrogen and oxygen atoms in total. The summed E-state index contributed by atoms with van der Waals surface area (Å²) >= 11 is 1.87. The summed E-state index contributed by atoms with van der Waals surface area (Å²) in [4.78, 5) is 0. The fourth-order valence-electron chi connectivity index (χ4n) is 5.38. The van der Waals surface area contributed by atoms with Crippen LogP contribution in [0.5, 0.6) is 0 Å². The Balaban J connectivity index is 1.39. The van der Waals surface area contributed by atoms with E-state index in [0.717, 1.165) is 5.46 Å². The molecule has 0 atom stereocenters. The monoisotopic (exact) mass is 486 g/mol. The number of rotatable bonds is 2. The van der Waals surface area contributed by atoms with E-state index in [1.807, 2.05) is 11.3 Å². The Kier molecular flexibility index (Phi) is 4.69. The van der Waals surface area contributed by atoms with E-state index in [9.17, 15) is 0 Å². The summed E-state index contributed by atoms with van der Waals surface area (Å²) in [6.45, 7) is 8.42. The van der Waals surface area contributed by atoms with Gasteiger partial charge in [-0.3, -0.25) is 0 Å². The molecule has 1 aliphatic heterocycles. The molecular weight excluding hydrogens is 459 g/mol. The molecule has 7 rings (SSSR count). The van der Waals surface area contributed by atoms with E-state index in [1.54, 1.807) is 0 Å². The molecule has 36 heavy (non-hydrogen) atoms. The van der Waals surface area contributed by atoms with Crippen molar-refractivity contribution in [2.75, 3.05) is 0 Å². The number of hydrogen-bond donors (Lipinski definition) is 0. The molecule has 176 valence electrons. The van der Waals surface area contributed by atoms with Crippen molar-refractivity contribution in [2.24, 2.45) is 0 Å². The Morgan fingerprint density at radius 3 is 1.97 bits per heavy atom. The van der Waals surface area contributed by atoms with Crippen LogP contribution in [-0.2, 0) is 9.31 Å². The van der Waals surface area contributed by atoms with Crippen LogP contribution in [0.3, 0.4) is 0 Å². The molecule has 0 aliphatic carbocycles. The van der Waals surface area contributed by atoms with Gasteiger partial charge in [-0.25, -0.2) is 0 Å². The fourth-order valence-corrected chi connectivity index (χ4v) is 6.50. The van der Waals surface area contributed by atoms with E-state index in [2.05, 4.69) is 119 Å².